The molecule has 0 aliphatic rings. The molecule has 0 radical (unpaired) electrons. The molecule has 0 aliphatic carbocycles. The van der Waals surface area contributed by atoms with Gasteiger partial charge in [-0.2, -0.15) is 0 Å². The highest BCUT2D eigenvalue weighted by Gasteiger charge is 2.21. The fourth-order valence-electron chi connectivity index (χ4n) is 1.66. The summed E-state index contributed by atoms with van der Waals surface area (Å²) in [4.78, 5) is 20.6. The van der Waals surface area contributed by atoms with Gasteiger partial charge in [0.15, 0.2) is 0 Å². The number of halogens is 2. The minimum Gasteiger partial charge on any atom is -0.462 e. The molecule has 2 atom stereocenters. The lowest BCUT2D eigenvalue weighted by Gasteiger charge is -2.24. The second-order valence-electron chi connectivity index (χ2n) is 6.71. The number of esters is 2. The average molecular weight is 578 g/mol. The van der Waals surface area contributed by atoms with Crippen molar-refractivity contribution in [2.45, 2.75) is 53.7 Å². The van der Waals surface area contributed by atoms with Crippen molar-refractivity contribution in [2.24, 2.45) is 0 Å². The van der Waals surface area contributed by atoms with E-state index in [9.17, 15) is 9.59 Å². The lowest BCUT2D eigenvalue weighted by molar-refractivity contribution is -0.155. The normalized spacial score (nSPS) is 12.1. The smallest absolute Gasteiger partial charge is 0.312 e. The average Bonchev–Trinajstić information content (AvgIpc) is 2.74. The van der Waals surface area contributed by atoms with Crippen LogP contribution in [0.5, 0.6) is 5.75 Å². The molecule has 2 unspecified atom stereocenters. The third kappa shape index (κ3) is 25.7. The van der Waals surface area contributed by atoms with E-state index in [1.54, 1.807) is 31.2 Å². The van der Waals surface area contributed by atoms with Gasteiger partial charge in [-0.25, -0.2) is 5.09 Å². The van der Waals surface area contributed by atoms with Gasteiger partial charge in [0.1, 0.15) is 18.5 Å². The molecule has 0 heterocycles. The Morgan fingerprint density at radius 2 is 1.69 bits per heavy atom. The number of hydrogen-bond donors (Lipinski definition) is 3. The molecule has 3 N–H and O–H groups in total. The van der Waals surface area contributed by atoms with Crippen LogP contribution >= 0.6 is 29.8 Å². The Hall–Kier alpha value is -1.23. The predicted molar refractivity (Wildman–Crippen MR) is 145 cm³/mol. The first-order valence-electron chi connectivity index (χ1n) is 10.4. The maximum absolute atomic E-state index is 10.3. The van der Waals surface area contributed by atoms with E-state index in [0.29, 0.717) is 15.8 Å². The lowest BCUT2D eigenvalue weighted by atomic mass is 10.3. The Morgan fingerprint density at radius 3 is 2.03 bits per heavy atom. The Morgan fingerprint density at radius 1 is 1.17 bits per heavy atom. The summed E-state index contributed by atoms with van der Waals surface area (Å²) in [6.45, 7) is 10.8. The van der Waals surface area contributed by atoms with Crippen LogP contribution in [0.15, 0.2) is 30.9 Å². The molecule has 9 nitrogen and oxygen atoms in total. The Balaban J connectivity index is -0.000000487. The molecule has 0 saturated heterocycles. The van der Waals surface area contributed by atoms with Crippen LogP contribution in [0, 0.1) is 0 Å². The lowest BCUT2D eigenvalue weighted by Crippen LogP contribution is -2.22. The fraction of sp³-hybridized carbons (Fsp3) is 0.545. The number of ether oxygens (including phenoxy) is 2. The minimum absolute atomic E-state index is 0.120. The van der Waals surface area contributed by atoms with E-state index in [-0.39, 0.29) is 43.9 Å². The van der Waals surface area contributed by atoms with Gasteiger partial charge >= 0.3 is 18.6 Å². The fourth-order valence-corrected chi connectivity index (χ4v) is 4.32. The van der Waals surface area contributed by atoms with Gasteiger partial charge in [-0.15, -0.1) is 6.58 Å². The number of nitrogens with one attached hydrogen (secondary N) is 1. The Kier molecular flexibility index (Phi) is 25.4. The molecule has 35 heavy (non-hydrogen) atoms. The Bertz CT molecular complexity index is 782. The highest BCUT2D eigenvalue weighted by Crippen LogP contribution is 2.46. The molecule has 1 rings (SSSR count). The predicted octanol–water partition coefficient (Wildman–Crippen LogP) is 4.91. The maximum Gasteiger partial charge on any atom is 0.312 e. The van der Waals surface area contributed by atoms with Crippen molar-refractivity contribution >= 4 is 53.6 Å². The van der Waals surface area contributed by atoms with Crippen LogP contribution < -0.4 is 9.61 Å². The molecule has 0 aliphatic heterocycles. The number of aliphatic hydroxyl groups is 2. The molecule has 0 amide bonds. The van der Waals surface area contributed by atoms with Crippen LogP contribution in [0.1, 0.15) is 41.5 Å². The van der Waals surface area contributed by atoms with E-state index in [4.69, 9.17) is 54.3 Å². The van der Waals surface area contributed by atoms with Crippen molar-refractivity contribution in [2.75, 3.05) is 26.9 Å². The second-order valence-corrected chi connectivity index (χ2v) is 10.8. The summed E-state index contributed by atoms with van der Waals surface area (Å²) in [5.41, 5.74) is 0. The minimum atomic E-state index is -2.56. The third-order valence-corrected chi connectivity index (χ3v) is 6.03. The van der Waals surface area contributed by atoms with E-state index >= 15 is 0 Å². The van der Waals surface area contributed by atoms with Crippen molar-refractivity contribution < 1.29 is 38.3 Å². The van der Waals surface area contributed by atoms with Gasteiger partial charge < -0.3 is 28.7 Å². The highest BCUT2D eigenvalue weighted by molar-refractivity contribution is 8.09. The summed E-state index contributed by atoms with van der Waals surface area (Å²) in [6.07, 6.45) is 1.39. The topological polar surface area (TPSA) is 124 Å². The van der Waals surface area contributed by atoms with E-state index in [1.807, 2.05) is 20.8 Å². The zero-order chi connectivity index (χ0) is 28.0. The van der Waals surface area contributed by atoms with Crippen LogP contribution in [0.4, 0.5) is 0 Å². The SMILES string of the molecule is C=CC.CC(=O)OCC(C)OC(C)=O.COP(=S)(NC(C)C)Oc1ccc(Cl)cc1Cl.OCCO. The molecular formula is C22H38Cl2NO8PS. The first kappa shape index (κ1) is 38.3. The van der Waals surface area contributed by atoms with Crippen molar-refractivity contribution in [3.8, 4) is 5.75 Å². The number of aliphatic hydroxyl groups excluding tert-OH is 2. The maximum atomic E-state index is 10.3. The molecule has 0 spiro atoms. The highest BCUT2D eigenvalue weighted by atomic mass is 35.5. The molecule has 1 aromatic rings. The van der Waals surface area contributed by atoms with Gasteiger partial charge in [-0.05, 0) is 57.7 Å². The van der Waals surface area contributed by atoms with E-state index < -0.39 is 6.64 Å². The molecular weight excluding hydrogens is 540 g/mol. The van der Waals surface area contributed by atoms with Crippen molar-refractivity contribution in [3.63, 3.8) is 0 Å². The van der Waals surface area contributed by atoms with Crippen molar-refractivity contribution in [3.05, 3.63) is 40.9 Å². The first-order valence-corrected chi connectivity index (χ1v) is 13.8. The molecule has 13 heteroatoms. The van der Waals surface area contributed by atoms with E-state index in [0.717, 1.165) is 0 Å². The summed E-state index contributed by atoms with van der Waals surface area (Å²) in [5, 5.41) is 19.3. The van der Waals surface area contributed by atoms with Crippen LogP contribution in [0.25, 0.3) is 0 Å². The van der Waals surface area contributed by atoms with Gasteiger partial charge in [0.2, 0.25) is 0 Å². The monoisotopic (exact) mass is 577 g/mol. The van der Waals surface area contributed by atoms with Gasteiger partial charge in [0.25, 0.3) is 0 Å². The molecule has 0 saturated carbocycles. The Labute approximate surface area is 223 Å². The van der Waals surface area contributed by atoms with E-state index in [1.165, 1.54) is 21.0 Å². The number of hydrogen-bond acceptors (Lipinski definition) is 9. The van der Waals surface area contributed by atoms with Crippen molar-refractivity contribution in [1.29, 1.82) is 0 Å². The van der Waals surface area contributed by atoms with Gasteiger partial charge in [0.05, 0.1) is 18.2 Å². The third-order valence-electron chi connectivity index (χ3n) is 2.76. The number of carbonyl (C=O) groups is 2. The number of benzene rings is 1. The number of carbonyl (C=O) groups excluding carboxylic acids is 2. The second kappa shape index (κ2) is 23.2. The van der Waals surface area contributed by atoms with Crippen LogP contribution in [-0.2, 0) is 35.4 Å². The van der Waals surface area contributed by atoms with Crippen LogP contribution in [-0.4, -0.2) is 61.2 Å². The van der Waals surface area contributed by atoms with Crippen molar-refractivity contribution in [1.82, 2.24) is 5.09 Å². The quantitative estimate of drug-likeness (QED) is 0.212. The molecule has 1 aromatic carbocycles. The molecule has 0 aromatic heterocycles. The summed E-state index contributed by atoms with van der Waals surface area (Å²) in [7, 11) is 1.51. The zero-order valence-electron chi connectivity index (χ0n) is 21.2. The van der Waals surface area contributed by atoms with E-state index in [2.05, 4.69) is 21.1 Å². The summed E-state index contributed by atoms with van der Waals surface area (Å²) < 4.78 is 20.2. The first-order chi connectivity index (χ1) is 16.2. The van der Waals surface area contributed by atoms with Gasteiger partial charge in [-0.3, -0.25) is 9.59 Å². The van der Waals surface area contributed by atoms with Crippen LogP contribution in [0.2, 0.25) is 10.0 Å². The number of rotatable bonds is 9. The summed E-state index contributed by atoms with van der Waals surface area (Å²) in [5.74, 6) is -0.275. The summed E-state index contributed by atoms with van der Waals surface area (Å²) >= 11 is 17.1. The number of allylic oxidation sites excluding steroid dienone is 1. The zero-order valence-corrected chi connectivity index (χ0v) is 24.5. The van der Waals surface area contributed by atoms with Gasteiger partial charge in [0, 0.05) is 32.0 Å². The molecule has 204 valence electrons. The van der Waals surface area contributed by atoms with Crippen LogP contribution in [0.3, 0.4) is 0 Å². The summed E-state index contributed by atoms with van der Waals surface area (Å²) in [6, 6.07) is 5.12. The largest absolute Gasteiger partial charge is 0.462 e. The standard InChI is InChI=1S/C10H14Cl2NO2PS.C7H12O4.C3H6.C2H6O2/c1-7(2)13-16(17,14-3)15-10-5-4-8(11)6-9(10)12;1-5(11-7(3)9)4-10-6(2)8;1-3-2;3-1-2-4/h4-7H,1-3H3,(H,13,17);5H,4H2,1-3H3;3H,1H2,2H3;3-4H,1-2H2. The molecule has 0 fully saturated rings. The van der Waals surface area contributed by atoms with Gasteiger partial charge in [-0.1, -0.05) is 29.3 Å². The molecule has 0 bridgehead atoms.